The summed E-state index contributed by atoms with van der Waals surface area (Å²) >= 11 is 0. The second-order valence-electron chi connectivity index (χ2n) is 8.28. The average Bonchev–Trinajstić information content (AvgIpc) is 3.22. The van der Waals surface area contributed by atoms with Crippen LogP contribution >= 0.6 is 0 Å². The van der Waals surface area contributed by atoms with Crippen molar-refractivity contribution in [3.05, 3.63) is 29.8 Å². The standard InChI is InChI=1S/C21H27N3O2/c25-19(23-11-5-1-2-6-12-23)17-14-15-8-7-13-24(15)21(17)16-9-3-4-10-18(16)22-20(21)26/h3-4,9-10,15,17H,1-2,5-8,11-14H2,(H,22,26). The van der Waals surface area contributed by atoms with Crippen molar-refractivity contribution in [1.29, 1.82) is 0 Å². The van der Waals surface area contributed by atoms with Crippen LogP contribution in [0.1, 0.15) is 50.5 Å². The first-order valence-electron chi connectivity index (χ1n) is 10.2. The number of nitrogens with one attached hydrogen (secondary N) is 1. The Morgan fingerprint density at radius 3 is 2.62 bits per heavy atom. The number of carbonyl (C=O) groups excluding carboxylic acids is 2. The normalized spacial score (nSPS) is 33.8. The van der Waals surface area contributed by atoms with Gasteiger partial charge < -0.3 is 10.2 Å². The van der Waals surface area contributed by atoms with E-state index in [0.29, 0.717) is 6.04 Å². The Hall–Kier alpha value is -1.88. The molecule has 0 bridgehead atoms. The van der Waals surface area contributed by atoms with Crippen molar-refractivity contribution >= 4 is 17.5 Å². The fraction of sp³-hybridized carbons (Fsp3) is 0.619. The maximum Gasteiger partial charge on any atom is 0.250 e. The minimum absolute atomic E-state index is 0.0104. The highest BCUT2D eigenvalue weighted by Crippen LogP contribution is 2.55. The molecule has 3 fully saturated rings. The van der Waals surface area contributed by atoms with E-state index in [1.807, 2.05) is 18.2 Å². The molecule has 1 spiro atoms. The Kier molecular flexibility index (Phi) is 3.82. The molecule has 2 amide bonds. The lowest BCUT2D eigenvalue weighted by molar-refractivity contribution is -0.144. The zero-order valence-corrected chi connectivity index (χ0v) is 15.2. The van der Waals surface area contributed by atoms with Gasteiger partial charge in [0.1, 0.15) is 5.54 Å². The molecule has 26 heavy (non-hydrogen) atoms. The van der Waals surface area contributed by atoms with Crippen LogP contribution in [0.25, 0.3) is 0 Å². The van der Waals surface area contributed by atoms with E-state index in [1.165, 1.54) is 12.8 Å². The number of carbonyl (C=O) groups is 2. The molecule has 5 heteroatoms. The third kappa shape index (κ3) is 2.13. The van der Waals surface area contributed by atoms with Crippen molar-refractivity contribution in [1.82, 2.24) is 9.80 Å². The van der Waals surface area contributed by atoms with Gasteiger partial charge in [-0.1, -0.05) is 31.0 Å². The highest BCUT2D eigenvalue weighted by Gasteiger charge is 2.65. The van der Waals surface area contributed by atoms with Gasteiger partial charge in [-0.3, -0.25) is 14.5 Å². The number of fused-ring (bicyclic) bond motifs is 4. The second-order valence-corrected chi connectivity index (χ2v) is 8.28. The topological polar surface area (TPSA) is 52.7 Å². The monoisotopic (exact) mass is 353 g/mol. The van der Waals surface area contributed by atoms with Gasteiger partial charge in [0.15, 0.2) is 0 Å². The summed E-state index contributed by atoms with van der Waals surface area (Å²) in [6.07, 6.45) is 7.61. The summed E-state index contributed by atoms with van der Waals surface area (Å²) in [5.74, 6) is -0.0426. The van der Waals surface area contributed by atoms with Gasteiger partial charge in [-0.2, -0.15) is 0 Å². The molecule has 1 aromatic rings. The number of rotatable bonds is 1. The van der Waals surface area contributed by atoms with Crippen LogP contribution < -0.4 is 5.32 Å². The Labute approximate surface area is 154 Å². The fourth-order valence-corrected chi connectivity index (χ4v) is 5.87. The summed E-state index contributed by atoms with van der Waals surface area (Å²) in [6.45, 7) is 2.61. The van der Waals surface area contributed by atoms with Gasteiger partial charge in [-0.25, -0.2) is 0 Å². The van der Waals surface area contributed by atoms with Gasteiger partial charge in [0.05, 0.1) is 5.92 Å². The Bertz CT molecular complexity index is 741. The van der Waals surface area contributed by atoms with Crippen LogP contribution in [-0.4, -0.2) is 47.3 Å². The van der Waals surface area contributed by atoms with E-state index in [9.17, 15) is 9.59 Å². The van der Waals surface area contributed by atoms with E-state index >= 15 is 0 Å². The molecule has 5 nitrogen and oxygen atoms in total. The summed E-state index contributed by atoms with van der Waals surface area (Å²) < 4.78 is 0. The summed E-state index contributed by atoms with van der Waals surface area (Å²) in [4.78, 5) is 31.4. The fourth-order valence-electron chi connectivity index (χ4n) is 5.87. The number of benzene rings is 1. The first-order chi connectivity index (χ1) is 12.7. The van der Waals surface area contributed by atoms with E-state index < -0.39 is 5.54 Å². The average molecular weight is 353 g/mol. The third-order valence-corrected chi connectivity index (χ3v) is 6.99. The lowest BCUT2D eigenvalue weighted by Crippen LogP contribution is -2.55. The van der Waals surface area contributed by atoms with E-state index in [0.717, 1.165) is 63.0 Å². The van der Waals surface area contributed by atoms with Crippen LogP contribution in [0.15, 0.2) is 24.3 Å². The van der Waals surface area contributed by atoms with Crippen LogP contribution in [0.3, 0.4) is 0 Å². The number of amides is 2. The lowest BCUT2D eigenvalue weighted by Gasteiger charge is -2.38. The second kappa shape index (κ2) is 6.08. The number of hydrogen-bond donors (Lipinski definition) is 1. The van der Waals surface area contributed by atoms with E-state index in [2.05, 4.69) is 21.2 Å². The Morgan fingerprint density at radius 1 is 1.04 bits per heavy atom. The molecule has 3 saturated heterocycles. The zero-order chi connectivity index (χ0) is 17.7. The molecule has 3 unspecified atom stereocenters. The number of anilines is 1. The maximum atomic E-state index is 13.6. The van der Waals surface area contributed by atoms with E-state index in [-0.39, 0.29) is 17.7 Å². The first-order valence-corrected chi connectivity index (χ1v) is 10.2. The molecule has 1 aromatic carbocycles. The van der Waals surface area contributed by atoms with Crippen LogP contribution in [0.4, 0.5) is 5.69 Å². The Morgan fingerprint density at radius 2 is 1.81 bits per heavy atom. The molecule has 0 aliphatic carbocycles. The van der Waals surface area contributed by atoms with Gasteiger partial charge in [-0.15, -0.1) is 0 Å². The highest BCUT2D eigenvalue weighted by molar-refractivity contribution is 6.09. The molecule has 0 aromatic heterocycles. The van der Waals surface area contributed by atoms with Crippen molar-refractivity contribution in [3.8, 4) is 0 Å². The number of para-hydroxylation sites is 1. The third-order valence-electron chi connectivity index (χ3n) is 6.99. The largest absolute Gasteiger partial charge is 0.342 e. The Balaban J connectivity index is 1.59. The van der Waals surface area contributed by atoms with E-state index in [1.54, 1.807) is 0 Å². The minimum atomic E-state index is -0.791. The smallest absolute Gasteiger partial charge is 0.250 e. The molecule has 4 heterocycles. The van der Waals surface area contributed by atoms with Gasteiger partial charge in [0.25, 0.3) is 0 Å². The van der Waals surface area contributed by atoms with Crippen molar-refractivity contribution in [2.24, 2.45) is 5.92 Å². The summed E-state index contributed by atoms with van der Waals surface area (Å²) in [6, 6.07) is 8.33. The van der Waals surface area contributed by atoms with Gasteiger partial charge in [0, 0.05) is 30.4 Å². The maximum absolute atomic E-state index is 13.6. The van der Waals surface area contributed by atoms with Crippen molar-refractivity contribution in [3.63, 3.8) is 0 Å². The first kappa shape index (κ1) is 16.3. The van der Waals surface area contributed by atoms with Crippen LogP contribution in [-0.2, 0) is 15.1 Å². The van der Waals surface area contributed by atoms with Crippen molar-refractivity contribution < 1.29 is 9.59 Å². The summed E-state index contributed by atoms with van der Waals surface area (Å²) in [7, 11) is 0. The predicted molar refractivity (Wildman–Crippen MR) is 99.6 cm³/mol. The number of nitrogens with zero attached hydrogens (tertiary/aromatic N) is 2. The predicted octanol–water partition coefficient (Wildman–Crippen LogP) is 2.72. The van der Waals surface area contributed by atoms with Crippen LogP contribution in [0, 0.1) is 5.92 Å². The molecule has 4 aliphatic rings. The van der Waals surface area contributed by atoms with Crippen molar-refractivity contribution in [2.75, 3.05) is 25.0 Å². The van der Waals surface area contributed by atoms with Crippen LogP contribution in [0.2, 0.25) is 0 Å². The summed E-state index contributed by atoms with van der Waals surface area (Å²) in [5, 5.41) is 3.09. The minimum Gasteiger partial charge on any atom is -0.342 e. The molecule has 138 valence electrons. The van der Waals surface area contributed by atoms with Crippen LogP contribution in [0.5, 0.6) is 0 Å². The molecular formula is C21H27N3O2. The lowest BCUT2D eigenvalue weighted by atomic mass is 9.78. The van der Waals surface area contributed by atoms with Crippen molar-refractivity contribution in [2.45, 2.75) is 56.5 Å². The summed E-state index contributed by atoms with van der Waals surface area (Å²) in [5.41, 5.74) is 1.11. The zero-order valence-electron chi connectivity index (χ0n) is 15.2. The number of hydrogen-bond acceptors (Lipinski definition) is 3. The molecule has 0 radical (unpaired) electrons. The van der Waals surface area contributed by atoms with Gasteiger partial charge >= 0.3 is 0 Å². The van der Waals surface area contributed by atoms with Gasteiger partial charge in [0.2, 0.25) is 11.8 Å². The molecule has 0 saturated carbocycles. The van der Waals surface area contributed by atoms with E-state index in [4.69, 9.17) is 0 Å². The van der Waals surface area contributed by atoms with Gasteiger partial charge in [-0.05, 0) is 44.7 Å². The SMILES string of the molecule is O=C(C1CC2CCCN2C12C(=O)Nc1ccccc12)N1CCCCCC1. The molecule has 3 atom stereocenters. The highest BCUT2D eigenvalue weighted by atomic mass is 16.2. The number of likely N-dealkylation sites (tertiary alicyclic amines) is 1. The molecule has 1 N–H and O–H groups in total. The molecule has 5 rings (SSSR count). The molecule has 4 aliphatic heterocycles. The quantitative estimate of drug-likeness (QED) is 0.845. The molecular weight excluding hydrogens is 326 g/mol.